The minimum Gasteiger partial charge on any atom is -0.353 e. The van der Waals surface area contributed by atoms with E-state index < -0.39 is 0 Å². The van der Waals surface area contributed by atoms with E-state index in [9.17, 15) is 4.79 Å². The topological polar surface area (TPSA) is 55.1 Å². The normalized spacial score (nSPS) is 26.7. The van der Waals surface area contributed by atoms with Crippen molar-refractivity contribution in [3.8, 4) is 0 Å². The predicted molar refractivity (Wildman–Crippen MR) is 76.2 cm³/mol. The van der Waals surface area contributed by atoms with E-state index in [0.29, 0.717) is 5.92 Å². The number of hydrogen-bond donors (Lipinski definition) is 2. The first-order valence-corrected chi connectivity index (χ1v) is 7.66. The molecule has 0 radical (unpaired) electrons. The summed E-state index contributed by atoms with van der Waals surface area (Å²) < 4.78 is 0. The second kappa shape index (κ2) is 7.78. The van der Waals surface area contributed by atoms with Gasteiger partial charge in [0, 0.05) is 12.1 Å². The second-order valence-corrected chi connectivity index (χ2v) is 5.78. The number of nitrogens with one attached hydrogen (secondary N) is 1. The molecule has 0 spiro atoms. The Balaban J connectivity index is 2.52. The Morgan fingerprint density at radius 3 is 2.44 bits per heavy atom. The van der Waals surface area contributed by atoms with Crippen LogP contribution in [0.3, 0.4) is 0 Å². The Morgan fingerprint density at radius 2 is 1.83 bits per heavy atom. The van der Waals surface area contributed by atoms with Gasteiger partial charge in [-0.1, -0.05) is 46.0 Å². The van der Waals surface area contributed by atoms with Gasteiger partial charge in [-0.2, -0.15) is 0 Å². The molecule has 3 heteroatoms. The van der Waals surface area contributed by atoms with E-state index in [2.05, 4.69) is 26.1 Å². The third kappa shape index (κ3) is 4.27. The molecule has 0 aromatic rings. The Morgan fingerprint density at radius 1 is 1.22 bits per heavy atom. The fraction of sp³-hybridized carbons (Fsp3) is 0.933. The molecule has 3 nitrogen and oxygen atoms in total. The lowest BCUT2D eigenvalue weighted by molar-refractivity contribution is -0.126. The van der Waals surface area contributed by atoms with Gasteiger partial charge in [-0.15, -0.1) is 0 Å². The van der Waals surface area contributed by atoms with E-state index in [1.165, 1.54) is 12.8 Å². The zero-order valence-corrected chi connectivity index (χ0v) is 12.2. The summed E-state index contributed by atoms with van der Waals surface area (Å²) in [5.41, 5.74) is 6.14. The largest absolute Gasteiger partial charge is 0.353 e. The minimum atomic E-state index is 0.0318. The zero-order valence-electron chi connectivity index (χ0n) is 12.2. The standard InChI is InChI=1S/C15H30N2O/c1-4-12(5-2)11(3)17-15(18)13-9-7-6-8-10-14(13)16/h11-14H,4-10,16H2,1-3H3,(H,17,18). The molecule has 1 amide bonds. The lowest BCUT2D eigenvalue weighted by Crippen LogP contribution is -2.46. The maximum Gasteiger partial charge on any atom is 0.224 e. The first-order valence-electron chi connectivity index (χ1n) is 7.66. The summed E-state index contributed by atoms with van der Waals surface area (Å²) >= 11 is 0. The second-order valence-electron chi connectivity index (χ2n) is 5.78. The highest BCUT2D eigenvalue weighted by atomic mass is 16.2. The van der Waals surface area contributed by atoms with E-state index in [1.807, 2.05) is 0 Å². The molecule has 1 fully saturated rings. The number of nitrogens with two attached hydrogens (primary N) is 1. The van der Waals surface area contributed by atoms with E-state index in [1.54, 1.807) is 0 Å². The van der Waals surface area contributed by atoms with Crippen LogP contribution in [-0.4, -0.2) is 18.0 Å². The van der Waals surface area contributed by atoms with Crippen LogP contribution in [0.2, 0.25) is 0 Å². The molecule has 1 saturated carbocycles. The monoisotopic (exact) mass is 254 g/mol. The number of hydrogen-bond acceptors (Lipinski definition) is 2. The van der Waals surface area contributed by atoms with Crippen LogP contribution in [0.15, 0.2) is 0 Å². The highest BCUT2D eigenvalue weighted by molar-refractivity contribution is 5.79. The van der Waals surface area contributed by atoms with Gasteiger partial charge in [0.2, 0.25) is 5.91 Å². The smallest absolute Gasteiger partial charge is 0.224 e. The van der Waals surface area contributed by atoms with E-state index in [0.717, 1.165) is 32.1 Å². The molecule has 0 saturated heterocycles. The third-order valence-electron chi connectivity index (χ3n) is 4.53. The lowest BCUT2D eigenvalue weighted by atomic mass is 9.91. The average Bonchev–Trinajstić information content (AvgIpc) is 2.55. The summed E-state index contributed by atoms with van der Waals surface area (Å²) in [6.45, 7) is 6.50. The molecule has 0 aromatic carbocycles. The maximum atomic E-state index is 12.3. The van der Waals surface area contributed by atoms with Crippen LogP contribution in [0.5, 0.6) is 0 Å². The summed E-state index contributed by atoms with van der Waals surface area (Å²) in [5, 5.41) is 3.19. The number of carbonyl (C=O) groups excluding carboxylic acids is 1. The van der Waals surface area contributed by atoms with Crippen LogP contribution in [0, 0.1) is 11.8 Å². The molecule has 0 aliphatic heterocycles. The average molecular weight is 254 g/mol. The van der Waals surface area contributed by atoms with Crippen molar-refractivity contribution in [2.45, 2.75) is 77.8 Å². The summed E-state index contributed by atoms with van der Waals surface area (Å²) in [6.07, 6.45) is 7.74. The van der Waals surface area contributed by atoms with Gasteiger partial charge >= 0.3 is 0 Å². The molecule has 3 atom stereocenters. The van der Waals surface area contributed by atoms with Crippen LogP contribution < -0.4 is 11.1 Å². The fourth-order valence-electron chi connectivity index (χ4n) is 3.11. The van der Waals surface area contributed by atoms with Gasteiger partial charge in [0.05, 0.1) is 5.92 Å². The minimum absolute atomic E-state index is 0.0318. The highest BCUT2D eigenvalue weighted by Crippen LogP contribution is 2.23. The van der Waals surface area contributed by atoms with Gasteiger partial charge in [-0.05, 0) is 25.7 Å². The van der Waals surface area contributed by atoms with Crippen LogP contribution in [0.4, 0.5) is 0 Å². The van der Waals surface area contributed by atoms with E-state index >= 15 is 0 Å². The molecule has 3 N–H and O–H groups in total. The molecule has 0 aromatic heterocycles. The van der Waals surface area contributed by atoms with Gasteiger partial charge in [-0.3, -0.25) is 4.79 Å². The highest BCUT2D eigenvalue weighted by Gasteiger charge is 2.28. The zero-order chi connectivity index (χ0) is 13.5. The van der Waals surface area contributed by atoms with Gasteiger partial charge < -0.3 is 11.1 Å². The van der Waals surface area contributed by atoms with Crippen molar-refractivity contribution in [1.29, 1.82) is 0 Å². The van der Waals surface area contributed by atoms with Crippen molar-refractivity contribution in [2.24, 2.45) is 17.6 Å². The van der Waals surface area contributed by atoms with Crippen LogP contribution >= 0.6 is 0 Å². The molecule has 1 aliphatic rings. The molecule has 18 heavy (non-hydrogen) atoms. The van der Waals surface area contributed by atoms with Crippen molar-refractivity contribution >= 4 is 5.91 Å². The van der Waals surface area contributed by atoms with Crippen molar-refractivity contribution in [3.63, 3.8) is 0 Å². The SMILES string of the molecule is CCC(CC)C(C)NC(=O)C1CCCCCC1N. The first kappa shape index (κ1) is 15.5. The molecule has 106 valence electrons. The molecule has 0 heterocycles. The van der Waals surface area contributed by atoms with Gasteiger partial charge in [0.15, 0.2) is 0 Å². The third-order valence-corrected chi connectivity index (χ3v) is 4.53. The van der Waals surface area contributed by atoms with Crippen LogP contribution in [0.25, 0.3) is 0 Å². The summed E-state index contributed by atoms with van der Waals surface area (Å²) in [6, 6.07) is 0.323. The van der Waals surface area contributed by atoms with Crippen LogP contribution in [-0.2, 0) is 4.79 Å². The summed E-state index contributed by atoms with van der Waals surface area (Å²) in [5.74, 6) is 0.795. The molecule has 3 unspecified atom stereocenters. The van der Waals surface area contributed by atoms with Crippen molar-refractivity contribution in [1.82, 2.24) is 5.32 Å². The van der Waals surface area contributed by atoms with Crippen molar-refractivity contribution in [3.05, 3.63) is 0 Å². The van der Waals surface area contributed by atoms with Gasteiger partial charge in [0.1, 0.15) is 0 Å². The number of amides is 1. The summed E-state index contributed by atoms with van der Waals surface area (Å²) in [7, 11) is 0. The lowest BCUT2D eigenvalue weighted by Gasteiger charge is -2.27. The van der Waals surface area contributed by atoms with Crippen molar-refractivity contribution < 1.29 is 4.79 Å². The van der Waals surface area contributed by atoms with Crippen LogP contribution in [0.1, 0.15) is 65.7 Å². The predicted octanol–water partition coefficient (Wildman–Crippen LogP) is 2.83. The van der Waals surface area contributed by atoms with E-state index in [4.69, 9.17) is 5.73 Å². The Hall–Kier alpha value is -0.570. The Labute approximate surface area is 112 Å². The van der Waals surface area contributed by atoms with Gasteiger partial charge in [-0.25, -0.2) is 0 Å². The molecule has 1 rings (SSSR count). The maximum absolute atomic E-state index is 12.3. The molecular formula is C15H30N2O. The number of rotatable bonds is 5. The Kier molecular flexibility index (Phi) is 6.69. The summed E-state index contributed by atoms with van der Waals surface area (Å²) in [4.78, 5) is 12.3. The van der Waals surface area contributed by atoms with Gasteiger partial charge in [0.25, 0.3) is 0 Å². The molecule has 1 aliphatic carbocycles. The molecule has 0 bridgehead atoms. The van der Waals surface area contributed by atoms with Crippen molar-refractivity contribution in [2.75, 3.05) is 0 Å². The fourth-order valence-corrected chi connectivity index (χ4v) is 3.11. The molecular weight excluding hydrogens is 224 g/mol. The Bertz CT molecular complexity index is 251. The first-order chi connectivity index (χ1) is 8.60. The quantitative estimate of drug-likeness (QED) is 0.741. The number of carbonyl (C=O) groups is 1. The van der Waals surface area contributed by atoms with E-state index in [-0.39, 0.29) is 23.9 Å².